The molecule has 0 spiro atoms. The van der Waals surface area contributed by atoms with Gasteiger partial charge in [-0.2, -0.15) is 0 Å². The van der Waals surface area contributed by atoms with E-state index in [0.717, 1.165) is 17.1 Å². The smallest absolute Gasteiger partial charge is 0.0713 e. The molecule has 0 radical (unpaired) electrons. The van der Waals surface area contributed by atoms with E-state index in [1.165, 1.54) is 77.5 Å². The van der Waals surface area contributed by atoms with Gasteiger partial charge in [0.15, 0.2) is 0 Å². The normalized spacial score (nSPS) is 14.1. The topological polar surface area (TPSA) is 3.24 Å². The zero-order valence-corrected chi connectivity index (χ0v) is 32.2. The van der Waals surface area contributed by atoms with Crippen molar-refractivity contribution >= 4 is 27.8 Å². The molecule has 1 nitrogen and oxygen atoms in total. The summed E-state index contributed by atoms with van der Waals surface area (Å²) in [5.41, 5.74) is 18.5. The molecule has 0 heterocycles. The van der Waals surface area contributed by atoms with Crippen LogP contribution in [-0.2, 0) is 10.8 Å². The molecule has 2 aliphatic carbocycles. The Kier molecular flexibility index (Phi) is 7.50. The molecule has 0 saturated heterocycles. The fourth-order valence-corrected chi connectivity index (χ4v) is 10.2. The Labute approximate surface area is 335 Å². The van der Waals surface area contributed by atoms with Crippen molar-refractivity contribution in [3.8, 4) is 33.4 Å². The van der Waals surface area contributed by atoms with Crippen LogP contribution in [0.15, 0.2) is 212 Å². The Morgan fingerprint density at radius 3 is 1.61 bits per heavy atom. The molecular weight excluding hydrogens is 687 g/mol. The molecule has 9 aromatic rings. The maximum absolute atomic E-state index is 2.48. The molecule has 1 heteroatoms. The minimum Gasteiger partial charge on any atom is -0.310 e. The fourth-order valence-electron chi connectivity index (χ4n) is 10.2. The van der Waals surface area contributed by atoms with E-state index < -0.39 is 5.41 Å². The molecule has 0 N–H and O–H groups in total. The van der Waals surface area contributed by atoms with Crippen molar-refractivity contribution in [2.45, 2.75) is 24.7 Å². The van der Waals surface area contributed by atoms with Gasteiger partial charge in [-0.15, -0.1) is 0 Å². The molecule has 0 unspecified atom stereocenters. The van der Waals surface area contributed by atoms with Gasteiger partial charge in [-0.1, -0.05) is 196 Å². The fraction of sp³-hybridized carbons (Fsp3) is 0.0714. The van der Waals surface area contributed by atoms with Crippen LogP contribution in [0.5, 0.6) is 0 Å². The predicted molar refractivity (Wildman–Crippen MR) is 239 cm³/mol. The minimum atomic E-state index is -0.452. The van der Waals surface area contributed by atoms with Crippen molar-refractivity contribution in [1.29, 1.82) is 0 Å². The second-order valence-corrected chi connectivity index (χ2v) is 16.0. The maximum atomic E-state index is 2.48. The third-order valence-electron chi connectivity index (χ3n) is 12.8. The molecule has 0 aromatic heterocycles. The number of anilines is 3. The first-order valence-corrected chi connectivity index (χ1v) is 20.0. The molecule has 2 aliphatic rings. The van der Waals surface area contributed by atoms with E-state index in [-0.39, 0.29) is 5.41 Å². The Balaban J connectivity index is 1.16. The number of nitrogens with zero attached hydrogens (tertiary/aromatic N) is 1. The number of hydrogen-bond acceptors (Lipinski definition) is 1. The maximum Gasteiger partial charge on any atom is 0.0713 e. The Hall–Kier alpha value is -6.96. The predicted octanol–water partition coefficient (Wildman–Crippen LogP) is 14.6. The van der Waals surface area contributed by atoms with Gasteiger partial charge in [-0.05, 0) is 102 Å². The number of hydrogen-bond donors (Lipinski definition) is 0. The summed E-state index contributed by atoms with van der Waals surface area (Å²) in [6, 6.07) is 78.7. The van der Waals surface area contributed by atoms with Crippen molar-refractivity contribution in [3.05, 3.63) is 246 Å². The highest BCUT2D eigenvalue weighted by Gasteiger charge is 2.46. The van der Waals surface area contributed by atoms with Gasteiger partial charge in [0, 0.05) is 22.2 Å². The molecule has 0 saturated carbocycles. The molecule has 0 aliphatic heterocycles. The summed E-state index contributed by atoms with van der Waals surface area (Å²) in [7, 11) is 0. The van der Waals surface area contributed by atoms with Crippen LogP contribution in [0.25, 0.3) is 44.2 Å². The Bertz CT molecular complexity index is 2920. The summed E-state index contributed by atoms with van der Waals surface area (Å²) >= 11 is 0. The lowest BCUT2D eigenvalue weighted by molar-refractivity contribution is 0.660. The molecule has 0 amide bonds. The first-order valence-electron chi connectivity index (χ1n) is 20.0. The number of fused-ring (bicyclic) bond motifs is 8. The highest BCUT2D eigenvalue weighted by atomic mass is 15.1. The van der Waals surface area contributed by atoms with E-state index in [0.29, 0.717) is 0 Å². The number of rotatable bonds is 6. The molecule has 9 aromatic carbocycles. The zero-order valence-electron chi connectivity index (χ0n) is 32.2. The van der Waals surface area contributed by atoms with E-state index in [2.05, 4.69) is 231 Å². The van der Waals surface area contributed by atoms with Crippen LogP contribution in [0.3, 0.4) is 0 Å². The highest BCUT2D eigenvalue weighted by molar-refractivity contribution is 6.10. The summed E-state index contributed by atoms with van der Waals surface area (Å²) in [6.07, 6.45) is 0. The summed E-state index contributed by atoms with van der Waals surface area (Å²) in [5.74, 6) is 0. The third kappa shape index (κ3) is 4.89. The highest BCUT2D eigenvalue weighted by Crippen LogP contribution is 2.59. The van der Waals surface area contributed by atoms with Crippen LogP contribution in [0.2, 0.25) is 0 Å². The monoisotopic (exact) mass is 727 g/mol. The van der Waals surface area contributed by atoms with Crippen molar-refractivity contribution < 1.29 is 0 Å². The lowest BCUT2D eigenvalue weighted by atomic mass is 9.67. The zero-order chi connectivity index (χ0) is 38.1. The van der Waals surface area contributed by atoms with E-state index in [1.54, 1.807) is 0 Å². The second kappa shape index (κ2) is 12.8. The lowest BCUT2D eigenvalue weighted by Gasteiger charge is -2.34. The number of benzene rings is 9. The quantitative estimate of drug-likeness (QED) is 0.165. The third-order valence-corrected chi connectivity index (χ3v) is 12.8. The van der Waals surface area contributed by atoms with Gasteiger partial charge in [-0.25, -0.2) is 0 Å². The van der Waals surface area contributed by atoms with Crippen LogP contribution in [0, 0.1) is 0 Å². The lowest BCUT2D eigenvalue weighted by Crippen LogP contribution is -2.28. The average molecular weight is 728 g/mol. The van der Waals surface area contributed by atoms with Crippen LogP contribution in [0.1, 0.15) is 47.2 Å². The van der Waals surface area contributed by atoms with Crippen molar-refractivity contribution in [2.75, 3.05) is 4.90 Å². The van der Waals surface area contributed by atoms with E-state index >= 15 is 0 Å². The summed E-state index contributed by atoms with van der Waals surface area (Å²) in [4.78, 5) is 2.48. The first-order chi connectivity index (χ1) is 28.0. The molecule has 270 valence electrons. The van der Waals surface area contributed by atoms with Crippen LogP contribution in [0.4, 0.5) is 17.1 Å². The molecule has 0 fully saturated rings. The van der Waals surface area contributed by atoms with Crippen molar-refractivity contribution in [2.24, 2.45) is 0 Å². The minimum absolute atomic E-state index is 0.119. The van der Waals surface area contributed by atoms with Crippen LogP contribution in [-0.4, -0.2) is 0 Å². The van der Waals surface area contributed by atoms with Crippen molar-refractivity contribution in [1.82, 2.24) is 0 Å². The standard InChI is InChI=1S/C56H41N/c1-55(2)49-26-14-12-23-44(49)45-34-33-43(37-52(45)55)57(42-31-29-39(30-32-42)38-17-6-3-7-18-38)53-28-16-25-47-46(53)35-36-51-54(47)48-24-13-15-27-50(48)56(51,40-19-8-4-9-20-40)41-21-10-5-11-22-41/h3-37H,1-2H3. The Morgan fingerprint density at radius 2 is 0.912 bits per heavy atom. The van der Waals surface area contributed by atoms with Crippen LogP contribution < -0.4 is 4.90 Å². The molecular formula is C56H41N. The second-order valence-electron chi connectivity index (χ2n) is 16.0. The summed E-state index contributed by atoms with van der Waals surface area (Å²) in [6.45, 7) is 4.73. The Morgan fingerprint density at radius 1 is 0.351 bits per heavy atom. The SMILES string of the molecule is CC1(C)c2ccccc2-c2ccc(N(c3ccc(-c4ccccc4)cc3)c3cccc4c5c(ccc34)C(c3ccccc3)(c3ccccc3)c3ccccc3-5)cc21. The van der Waals surface area contributed by atoms with Crippen molar-refractivity contribution in [3.63, 3.8) is 0 Å². The summed E-state index contributed by atoms with van der Waals surface area (Å²) < 4.78 is 0. The van der Waals surface area contributed by atoms with Gasteiger partial charge in [0.2, 0.25) is 0 Å². The van der Waals surface area contributed by atoms with Gasteiger partial charge in [0.05, 0.1) is 11.1 Å². The van der Waals surface area contributed by atoms with E-state index in [4.69, 9.17) is 0 Å². The first kappa shape index (κ1) is 33.4. The largest absolute Gasteiger partial charge is 0.310 e. The average Bonchev–Trinajstić information content (AvgIpc) is 3.71. The molecule has 0 bridgehead atoms. The van der Waals surface area contributed by atoms with E-state index in [1.807, 2.05) is 0 Å². The van der Waals surface area contributed by atoms with Crippen LogP contribution >= 0.6 is 0 Å². The molecule has 0 atom stereocenters. The van der Waals surface area contributed by atoms with Gasteiger partial charge in [0.25, 0.3) is 0 Å². The van der Waals surface area contributed by atoms with Gasteiger partial charge in [-0.3, -0.25) is 0 Å². The molecule has 11 rings (SSSR count). The van der Waals surface area contributed by atoms with E-state index in [9.17, 15) is 0 Å². The molecule has 57 heavy (non-hydrogen) atoms. The van der Waals surface area contributed by atoms with Gasteiger partial charge in [0.1, 0.15) is 0 Å². The summed E-state index contributed by atoms with van der Waals surface area (Å²) in [5, 5.41) is 2.48. The van der Waals surface area contributed by atoms with Gasteiger partial charge < -0.3 is 4.90 Å². The van der Waals surface area contributed by atoms with Gasteiger partial charge >= 0.3 is 0 Å².